The van der Waals surface area contributed by atoms with Crippen molar-refractivity contribution in [2.24, 2.45) is 0 Å². The minimum atomic E-state index is -0.571. The quantitative estimate of drug-likeness (QED) is 0.922. The Bertz CT molecular complexity index is 699. The first kappa shape index (κ1) is 18.2. The monoisotopic (exact) mass is 351 g/mol. The molecule has 1 fully saturated rings. The molecule has 1 aliphatic rings. The molecule has 24 heavy (non-hydrogen) atoms. The Morgan fingerprint density at radius 2 is 2.25 bits per heavy atom. The van der Waals surface area contributed by atoms with Gasteiger partial charge in [-0.15, -0.1) is 12.4 Å². The minimum Gasteiger partial charge on any atom is -0.497 e. The number of benzene rings is 1. The standard InChI is InChI=1S/C17H18FN3O2.ClH/c1-23-13-4-5-14(15(18)9-13)17(22)21-8-7-20-11-16(21)12-3-2-6-19-10-12;/h2-6,9-10,16,20H,7-8,11H2,1H3;1H. The maximum atomic E-state index is 14.2. The second kappa shape index (κ2) is 8.08. The highest BCUT2D eigenvalue weighted by atomic mass is 35.5. The Hall–Kier alpha value is -2.18. The van der Waals surface area contributed by atoms with Crippen molar-refractivity contribution in [3.05, 3.63) is 59.7 Å². The highest BCUT2D eigenvalue weighted by Gasteiger charge is 2.30. The number of carbonyl (C=O) groups excluding carboxylic acids is 1. The molecule has 1 saturated heterocycles. The first-order valence-corrected chi connectivity index (χ1v) is 7.46. The highest BCUT2D eigenvalue weighted by Crippen LogP contribution is 2.25. The maximum absolute atomic E-state index is 14.2. The third-order valence-electron chi connectivity index (χ3n) is 3.98. The van der Waals surface area contributed by atoms with E-state index in [4.69, 9.17) is 4.74 Å². The average Bonchev–Trinajstić information content (AvgIpc) is 2.62. The SMILES string of the molecule is COc1ccc(C(=O)N2CCNCC2c2cccnc2)c(F)c1.Cl. The van der Waals surface area contributed by atoms with Gasteiger partial charge in [0.25, 0.3) is 5.91 Å². The largest absolute Gasteiger partial charge is 0.497 e. The number of aromatic nitrogens is 1. The second-order valence-electron chi connectivity index (χ2n) is 5.35. The predicted octanol–water partition coefficient (Wildman–Crippen LogP) is 2.44. The molecule has 1 atom stereocenters. The lowest BCUT2D eigenvalue weighted by Gasteiger charge is -2.36. The van der Waals surface area contributed by atoms with E-state index in [0.29, 0.717) is 25.4 Å². The Kier molecular flexibility index (Phi) is 6.11. The van der Waals surface area contributed by atoms with Crippen LogP contribution in [0.15, 0.2) is 42.7 Å². The zero-order valence-electron chi connectivity index (χ0n) is 13.2. The van der Waals surface area contributed by atoms with Gasteiger partial charge in [0.05, 0.1) is 18.7 Å². The summed E-state index contributed by atoms with van der Waals surface area (Å²) in [5.74, 6) is -0.499. The number of hydrogen-bond donors (Lipinski definition) is 1. The van der Waals surface area contributed by atoms with Crippen LogP contribution < -0.4 is 10.1 Å². The summed E-state index contributed by atoms with van der Waals surface area (Å²) in [4.78, 5) is 18.6. The first-order valence-electron chi connectivity index (χ1n) is 7.46. The number of pyridine rings is 1. The van der Waals surface area contributed by atoms with E-state index in [0.717, 1.165) is 5.56 Å². The van der Waals surface area contributed by atoms with Crippen LogP contribution in [0.25, 0.3) is 0 Å². The van der Waals surface area contributed by atoms with Crippen LogP contribution in [-0.4, -0.2) is 42.5 Å². The van der Waals surface area contributed by atoms with Gasteiger partial charge in [0.2, 0.25) is 0 Å². The fraction of sp³-hybridized carbons (Fsp3) is 0.294. The van der Waals surface area contributed by atoms with Crippen LogP contribution in [0.3, 0.4) is 0 Å². The van der Waals surface area contributed by atoms with Crippen molar-refractivity contribution in [2.75, 3.05) is 26.7 Å². The molecule has 0 bridgehead atoms. The molecule has 7 heteroatoms. The van der Waals surface area contributed by atoms with Gasteiger partial charge in [0, 0.05) is 38.1 Å². The smallest absolute Gasteiger partial charge is 0.257 e. The molecule has 2 heterocycles. The zero-order valence-corrected chi connectivity index (χ0v) is 14.1. The van der Waals surface area contributed by atoms with Gasteiger partial charge >= 0.3 is 0 Å². The molecule has 1 aromatic carbocycles. The van der Waals surface area contributed by atoms with Gasteiger partial charge in [0.15, 0.2) is 0 Å². The molecule has 1 unspecified atom stereocenters. The van der Waals surface area contributed by atoms with E-state index in [1.54, 1.807) is 23.4 Å². The van der Waals surface area contributed by atoms with E-state index < -0.39 is 5.82 Å². The van der Waals surface area contributed by atoms with Gasteiger partial charge in [0.1, 0.15) is 11.6 Å². The number of nitrogens with one attached hydrogen (secondary N) is 1. The molecule has 5 nitrogen and oxygen atoms in total. The molecule has 2 aromatic rings. The number of piperazine rings is 1. The van der Waals surface area contributed by atoms with E-state index in [2.05, 4.69) is 10.3 Å². The normalized spacial score (nSPS) is 17.1. The predicted molar refractivity (Wildman–Crippen MR) is 91.1 cm³/mol. The van der Waals surface area contributed by atoms with Crippen LogP contribution in [0.4, 0.5) is 4.39 Å². The van der Waals surface area contributed by atoms with Gasteiger partial charge in [-0.2, -0.15) is 0 Å². The van der Waals surface area contributed by atoms with Crippen molar-refractivity contribution >= 4 is 18.3 Å². The van der Waals surface area contributed by atoms with Gasteiger partial charge in [-0.1, -0.05) is 6.07 Å². The van der Waals surface area contributed by atoms with Crippen molar-refractivity contribution in [2.45, 2.75) is 6.04 Å². The first-order chi connectivity index (χ1) is 11.2. The number of nitrogens with zero attached hydrogens (tertiary/aromatic N) is 2. The summed E-state index contributed by atoms with van der Waals surface area (Å²) in [6, 6.07) is 7.90. The molecule has 128 valence electrons. The fourth-order valence-electron chi connectivity index (χ4n) is 2.77. The molecule has 0 radical (unpaired) electrons. The molecular formula is C17H19ClFN3O2. The summed E-state index contributed by atoms with van der Waals surface area (Å²) < 4.78 is 19.2. The highest BCUT2D eigenvalue weighted by molar-refractivity contribution is 5.95. The van der Waals surface area contributed by atoms with E-state index in [1.165, 1.54) is 19.2 Å². The lowest BCUT2D eigenvalue weighted by Crippen LogP contribution is -2.48. The number of halogens is 2. The molecule has 1 aromatic heterocycles. The van der Waals surface area contributed by atoms with E-state index in [9.17, 15) is 9.18 Å². The molecule has 1 N–H and O–H groups in total. The van der Waals surface area contributed by atoms with Crippen molar-refractivity contribution in [1.82, 2.24) is 15.2 Å². The lowest BCUT2D eigenvalue weighted by molar-refractivity contribution is 0.0629. The summed E-state index contributed by atoms with van der Waals surface area (Å²) >= 11 is 0. The zero-order chi connectivity index (χ0) is 16.2. The van der Waals surface area contributed by atoms with E-state index in [-0.39, 0.29) is 29.9 Å². The van der Waals surface area contributed by atoms with Crippen LogP contribution in [-0.2, 0) is 0 Å². The molecule has 0 saturated carbocycles. The number of rotatable bonds is 3. The molecule has 0 spiro atoms. The Balaban J connectivity index is 0.00000208. The molecule has 0 aliphatic carbocycles. The van der Waals surface area contributed by atoms with Crippen LogP contribution in [0, 0.1) is 5.82 Å². The van der Waals surface area contributed by atoms with Crippen molar-refractivity contribution in [3.63, 3.8) is 0 Å². The minimum absolute atomic E-state index is 0. The third-order valence-corrected chi connectivity index (χ3v) is 3.98. The van der Waals surface area contributed by atoms with Crippen LogP contribution >= 0.6 is 12.4 Å². The van der Waals surface area contributed by atoms with Crippen LogP contribution in [0.5, 0.6) is 5.75 Å². The topological polar surface area (TPSA) is 54.5 Å². The molecular weight excluding hydrogens is 333 g/mol. The van der Waals surface area contributed by atoms with Gasteiger partial charge < -0.3 is 15.0 Å². The Labute approximate surface area is 146 Å². The third kappa shape index (κ3) is 3.66. The fourth-order valence-corrected chi connectivity index (χ4v) is 2.77. The van der Waals surface area contributed by atoms with Crippen molar-refractivity contribution in [1.29, 1.82) is 0 Å². The number of ether oxygens (including phenoxy) is 1. The summed E-state index contributed by atoms with van der Waals surface area (Å²) in [5.41, 5.74) is 0.989. The van der Waals surface area contributed by atoms with Gasteiger partial charge in [-0.3, -0.25) is 9.78 Å². The Morgan fingerprint density at radius 1 is 1.42 bits per heavy atom. The lowest BCUT2D eigenvalue weighted by atomic mass is 10.0. The number of amides is 1. The molecule has 1 aliphatic heterocycles. The van der Waals surface area contributed by atoms with Crippen LogP contribution in [0.2, 0.25) is 0 Å². The average molecular weight is 352 g/mol. The van der Waals surface area contributed by atoms with Gasteiger partial charge in [-0.25, -0.2) is 4.39 Å². The number of carbonyl (C=O) groups is 1. The second-order valence-corrected chi connectivity index (χ2v) is 5.35. The van der Waals surface area contributed by atoms with Crippen molar-refractivity contribution in [3.8, 4) is 5.75 Å². The summed E-state index contributed by atoms with van der Waals surface area (Å²) in [6.45, 7) is 1.82. The van der Waals surface area contributed by atoms with E-state index in [1.807, 2.05) is 12.1 Å². The molecule has 3 rings (SSSR count). The molecule has 1 amide bonds. The summed E-state index contributed by atoms with van der Waals surface area (Å²) in [7, 11) is 1.46. The number of hydrogen-bond acceptors (Lipinski definition) is 4. The van der Waals surface area contributed by atoms with Crippen molar-refractivity contribution < 1.29 is 13.9 Å². The number of methoxy groups -OCH3 is 1. The summed E-state index contributed by atoms with van der Waals surface area (Å²) in [6.07, 6.45) is 3.43. The maximum Gasteiger partial charge on any atom is 0.257 e. The van der Waals surface area contributed by atoms with Gasteiger partial charge in [-0.05, 0) is 23.8 Å². The van der Waals surface area contributed by atoms with E-state index >= 15 is 0 Å². The van der Waals surface area contributed by atoms with Crippen LogP contribution in [0.1, 0.15) is 22.0 Å². The Morgan fingerprint density at radius 3 is 2.92 bits per heavy atom. The summed E-state index contributed by atoms with van der Waals surface area (Å²) in [5, 5.41) is 3.27.